The number of ether oxygens (including phenoxy) is 1. The van der Waals surface area contributed by atoms with E-state index in [4.69, 9.17) is 4.74 Å². The molecule has 0 saturated carbocycles. The molecule has 1 aliphatic rings. The zero-order chi connectivity index (χ0) is 9.80. The summed E-state index contributed by atoms with van der Waals surface area (Å²) in [4.78, 5) is 0. The van der Waals surface area contributed by atoms with Gasteiger partial charge in [-0.25, -0.2) is 4.39 Å². The van der Waals surface area contributed by atoms with Crippen LogP contribution in [0.3, 0.4) is 0 Å². The van der Waals surface area contributed by atoms with Gasteiger partial charge in [-0.2, -0.15) is 0 Å². The minimum absolute atomic E-state index is 0.246. The Morgan fingerprint density at radius 2 is 2.29 bits per heavy atom. The molecule has 2 rings (SSSR count). The number of halogens is 1. The second-order valence-electron chi connectivity index (χ2n) is 3.37. The quantitative estimate of drug-likeness (QED) is 0.797. The molecule has 1 aliphatic heterocycles. The molecule has 0 spiro atoms. The van der Waals surface area contributed by atoms with Crippen molar-refractivity contribution in [1.82, 2.24) is 5.32 Å². The van der Waals surface area contributed by atoms with Gasteiger partial charge in [-0.3, -0.25) is 0 Å². The fourth-order valence-corrected chi connectivity index (χ4v) is 1.78. The first kappa shape index (κ1) is 9.46. The number of hydrogen-bond donors (Lipinski definition) is 1. The van der Waals surface area contributed by atoms with Crippen LogP contribution in [0.4, 0.5) is 4.39 Å². The number of rotatable bonds is 3. The van der Waals surface area contributed by atoms with Crippen molar-refractivity contribution in [3.8, 4) is 5.75 Å². The monoisotopic (exact) mass is 195 g/mol. The Morgan fingerprint density at radius 1 is 1.43 bits per heavy atom. The first-order valence-corrected chi connectivity index (χ1v) is 4.93. The van der Waals surface area contributed by atoms with E-state index in [0.29, 0.717) is 13.2 Å². The molecule has 1 unspecified atom stereocenters. The Hall–Kier alpha value is -1.09. The molecule has 0 saturated heterocycles. The lowest BCUT2D eigenvalue weighted by molar-refractivity contribution is 0.250. The summed E-state index contributed by atoms with van der Waals surface area (Å²) in [5, 5.41) is 3.17. The topological polar surface area (TPSA) is 21.3 Å². The maximum atomic E-state index is 12.0. The zero-order valence-corrected chi connectivity index (χ0v) is 8.00. The molecular weight excluding hydrogens is 181 g/mol. The third-order valence-electron chi connectivity index (χ3n) is 2.44. The molecule has 3 heteroatoms. The van der Waals surface area contributed by atoms with Crippen molar-refractivity contribution in [3.63, 3.8) is 0 Å². The summed E-state index contributed by atoms with van der Waals surface area (Å²) in [6.45, 7) is 0.805. The Balaban J connectivity index is 2.14. The van der Waals surface area contributed by atoms with Crippen LogP contribution in [0.15, 0.2) is 24.3 Å². The second-order valence-corrected chi connectivity index (χ2v) is 3.37. The highest BCUT2D eigenvalue weighted by molar-refractivity contribution is 5.37. The van der Waals surface area contributed by atoms with Crippen LogP contribution in [0, 0.1) is 0 Å². The summed E-state index contributed by atoms with van der Waals surface area (Å²) >= 11 is 0. The van der Waals surface area contributed by atoms with Gasteiger partial charge < -0.3 is 10.1 Å². The predicted molar refractivity (Wildman–Crippen MR) is 53.3 cm³/mol. The van der Waals surface area contributed by atoms with Crippen LogP contribution in [0.25, 0.3) is 0 Å². The van der Waals surface area contributed by atoms with Gasteiger partial charge in [-0.1, -0.05) is 18.2 Å². The molecular formula is C11H14FNO. The van der Waals surface area contributed by atoms with Crippen LogP contribution in [0.1, 0.15) is 18.0 Å². The molecule has 76 valence electrons. The summed E-state index contributed by atoms with van der Waals surface area (Å²) in [6.07, 6.45) is 0.914. The van der Waals surface area contributed by atoms with E-state index in [1.807, 2.05) is 24.3 Å². The van der Waals surface area contributed by atoms with Crippen molar-refractivity contribution in [3.05, 3.63) is 29.8 Å². The van der Waals surface area contributed by atoms with E-state index >= 15 is 0 Å². The van der Waals surface area contributed by atoms with Gasteiger partial charge in [0.2, 0.25) is 0 Å². The van der Waals surface area contributed by atoms with Crippen LogP contribution >= 0.6 is 0 Å². The molecule has 1 N–H and O–H groups in total. The maximum absolute atomic E-state index is 12.0. The van der Waals surface area contributed by atoms with E-state index in [1.54, 1.807) is 0 Å². The molecule has 1 atom stereocenters. The van der Waals surface area contributed by atoms with Gasteiger partial charge in [0.05, 0.1) is 6.61 Å². The number of benzene rings is 1. The molecule has 2 nitrogen and oxygen atoms in total. The van der Waals surface area contributed by atoms with Gasteiger partial charge in [0.25, 0.3) is 0 Å². The summed E-state index contributed by atoms with van der Waals surface area (Å²) in [6, 6.07) is 8.17. The first-order chi connectivity index (χ1) is 6.92. The highest BCUT2D eigenvalue weighted by atomic mass is 19.1. The smallest absolute Gasteiger partial charge is 0.124 e. The van der Waals surface area contributed by atoms with E-state index < -0.39 is 0 Å². The van der Waals surface area contributed by atoms with Crippen molar-refractivity contribution in [1.29, 1.82) is 0 Å². The molecule has 0 aliphatic carbocycles. The standard InChI is InChI=1S/C11H14FNO/c12-6-7-13-10-5-8-14-11-4-2-1-3-9(10)11/h1-4,10,13H,5-8H2. The van der Waals surface area contributed by atoms with Gasteiger partial charge >= 0.3 is 0 Å². The normalized spacial score (nSPS) is 19.9. The highest BCUT2D eigenvalue weighted by Gasteiger charge is 2.19. The summed E-state index contributed by atoms with van der Waals surface area (Å²) in [5.41, 5.74) is 1.15. The number of fused-ring (bicyclic) bond motifs is 1. The van der Waals surface area contributed by atoms with Crippen LogP contribution in [-0.2, 0) is 0 Å². The molecule has 1 heterocycles. The number of alkyl halides is 1. The lowest BCUT2D eigenvalue weighted by Crippen LogP contribution is -2.28. The van der Waals surface area contributed by atoms with Crippen molar-refractivity contribution >= 4 is 0 Å². The van der Waals surface area contributed by atoms with Gasteiger partial charge in [-0.05, 0) is 6.07 Å². The molecule has 1 aromatic rings. The zero-order valence-electron chi connectivity index (χ0n) is 8.00. The van der Waals surface area contributed by atoms with Gasteiger partial charge in [0, 0.05) is 24.6 Å². The molecule has 0 amide bonds. The first-order valence-electron chi connectivity index (χ1n) is 4.93. The predicted octanol–water partition coefficient (Wildman–Crippen LogP) is 2.07. The Bertz CT molecular complexity index is 303. The van der Waals surface area contributed by atoms with E-state index in [2.05, 4.69) is 5.32 Å². The highest BCUT2D eigenvalue weighted by Crippen LogP contribution is 2.31. The minimum atomic E-state index is -0.320. The van der Waals surface area contributed by atoms with E-state index in [-0.39, 0.29) is 12.7 Å². The van der Waals surface area contributed by atoms with Crippen LogP contribution in [-0.4, -0.2) is 19.8 Å². The Morgan fingerprint density at radius 3 is 3.14 bits per heavy atom. The third-order valence-corrected chi connectivity index (χ3v) is 2.44. The number of nitrogens with one attached hydrogen (secondary N) is 1. The Labute approximate surface area is 83.1 Å². The average Bonchev–Trinajstić information content (AvgIpc) is 2.26. The fraction of sp³-hybridized carbons (Fsp3) is 0.455. The van der Waals surface area contributed by atoms with E-state index in [1.165, 1.54) is 0 Å². The van der Waals surface area contributed by atoms with Gasteiger partial charge in [0.15, 0.2) is 0 Å². The van der Waals surface area contributed by atoms with Crippen LogP contribution in [0.2, 0.25) is 0 Å². The lowest BCUT2D eigenvalue weighted by atomic mass is 10.0. The Kier molecular flexibility index (Phi) is 2.99. The SMILES string of the molecule is FCCNC1CCOc2ccccc21. The van der Waals surface area contributed by atoms with E-state index in [9.17, 15) is 4.39 Å². The van der Waals surface area contributed by atoms with Gasteiger partial charge in [-0.15, -0.1) is 0 Å². The maximum Gasteiger partial charge on any atom is 0.124 e. The molecule has 0 radical (unpaired) electrons. The molecule has 0 bridgehead atoms. The van der Waals surface area contributed by atoms with Gasteiger partial charge in [0.1, 0.15) is 12.4 Å². The summed E-state index contributed by atoms with van der Waals surface area (Å²) < 4.78 is 17.5. The summed E-state index contributed by atoms with van der Waals surface area (Å²) in [7, 11) is 0. The lowest BCUT2D eigenvalue weighted by Gasteiger charge is -2.26. The van der Waals surface area contributed by atoms with Crippen LogP contribution in [0.5, 0.6) is 5.75 Å². The summed E-state index contributed by atoms with van der Waals surface area (Å²) in [5.74, 6) is 0.926. The van der Waals surface area contributed by atoms with E-state index in [0.717, 1.165) is 17.7 Å². The molecule has 1 aromatic carbocycles. The van der Waals surface area contributed by atoms with Crippen molar-refractivity contribution < 1.29 is 9.13 Å². The largest absolute Gasteiger partial charge is 0.493 e. The molecule has 0 fully saturated rings. The van der Waals surface area contributed by atoms with Crippen LogP contribution < -0.4 is 10.1 Å². The van der Waals surface area contributed by atoms with Crippen molar-refractivity contribution in [2.45, 2.75) is 12.5 Å². The van der Waals surface area contributed by atoms with Crippen molar-refractivity contribution in [2.75, 3.05) is 19.8 Å². The molecule has 0 aromatic heterocycles. The number of para-hydroxylation sites is 1. The minimum Gasteiger partial charge on any atom is -0.493 e. The number of hydrogen-bond acceptors (Lipinski definition) is 2. The molecule has 14 heavy (non-hydrogen) atoms. The fourth-order valence-electron chi connectivity index (χ4n) is 1.78. The average molecular weight is 195 g/mol. The van der Waals surface area contributed by atoms with Crippen molar-refractivity contribution in [2.24, 2.45) is 0 Å². The second kappa shape index (κ2) is 4.42. The third kappa shape index (κ3) is 1.87.